The number of carbonyl (C=O) groups excluding carboxylic acids is 2. The Kier molecular flexibility index (Phi) is 8.28. The molecule has 0 fully saturated rings. The van der Waals surface area contributed by atoms with Gasteiger partial charge in [0.05, 0.1) is 11.2 Å². The van der Waals surface area contributed by atoms with Gasteiger partial charge in [0, 0.05) is 35.1 Å². The molecular formula is C28H23Cl2N3O4. The van der Waals surface area contributed by atoms with Gasteiger partial charge in [-0.05, 0) is 47.3 Å². The van der Waals surface area contributed by atoms with Crippen molar-refractivity contribution in [1.29, 1.82) is 0 Å². The molecule has 2 N–H and O–H groups in total. The van der Waals surface area contributed by atoms with E-state index in [0.717, 1.165) is 21.9 Å². The quantitative estimate of drug-likeness (QED) is 0.225. The summed E-state index contributed by atoms with van der Waals surface area (Å²) in [6.07, 6.45) is 1.52. The summed E-state index contributed by atoms with van der Waals surface area (Å²) >= 11 is 12.1. The number of hydrogen-bond acceptors (Lipinski definition) is 5. The van der Waals surface area contributed by atoms with Gasteiger partial charge in [-0.25, -0.2) is 5.43 Å². The van der Waals surface area contributed by atoms with Crippen LogP contribution in [0, 0.1) is 0 Å². The second-order valence-corrected chi connectivity index (χ2v) is 9.01. The lowest BCUT2D eigenvalue weighted by Crippen LogP contribution is -2.31. The molecule has 4 aromatic carbocycles. The molecule has 0 heterocycles. The number of phenolic OH excluding ortho intramolecular Hbond substituents is 1. The van der Waals surface area contributed by atoms with Crippen molar-refractivity contribution in [1.82, 2.24) is 10.3 Å². The largest absolute Gasteiger partial charge is 0.506 e. The van der Waals surface area contributed by atoms with Crippen LogP contribution in [0.1, 0.15) is 21.5 Å². The first kappa shape index (κ1) is 26.0. The molecule has 0 aromatic heterocycles. The van der Waals surface area contributed by atoms with E-state index < -0.39 is 5.91 Å². The van der Waals surface area contributed by atoms with Crippen LogP contribution in [-0.4, -0.2) is 41.7 Å². The second kappa shape index (κ2) is 11.8. The van der Waals surface area contributed by atoms with E-state index in [9.17, 15) is 14.7 Å². The van der Waals surface area contributed by atoms with Gasteiger partial charge in [-0.3, -0.25) is 9.59 Å². The molecule has 0 atom stereocenters. The summed E-state index contributed by atoms with van der Waals surface area (Å²) in [5, 5.41) is 15.9. The third kappa shape index (κ3) is 6.39. The lowest BCUT2D eigenvalue weighted by molar-refractivity contribution is -0.132. The third-order valence-electron chi connectivity index (χ3n) is 5.64. The van der Waals surface area contributed by atoms with Crippen LogP contribution in [0.3, 0.4) is 0 Å². The zero-order chi connectivity index (χ0) is 26.4. The zero-order valence-electron chi connectivity index (χ0n) is 19.8. The summed E-state index contributed by atoms with van der Waals surface area (Å²) in [6, 6.07) is 22.6. The minimum absolute atomic E-state index is 0.0757. The number of hydrogen-bond donors (Lipinski definition) is 2. The number of aromatic hydroxyl groups is 1. The average Bonchev–Trinajstić information content (AvgIpc) is 2.90. The maximum absolute atomic E-state index is 12.7. The highest BCUT2D eigenvalue weighted by atomic mass is 35.5. The highest BCUT2D eigenvalue weighted by Gasteiger charge is 2.14. The van der Waals surface area contributed by atoms with Crippen molar-refractivity contribution in [3.05, 3.63) is 106 Å². The Labute approximate surface area is 223 Å². The van der Waals surface area contributed by atoms with Crippen molar-refractivity contribution < 1.29 is 19.4 Å². The molecule has 0 aliphatic heterocycles. The van der Waals surface area contributed by atoms with E-state index in [1.165, 1.54) is 24.4 Å². The molecule has 7 nitrogen and oxygen atoms in total. The maximum atomic E-state index is 12.7. The van der Waals surface area contributed by atoms with Crippen molar-refractivity contribution >= 4 is 52.0 Å². The fourth-order valence-corrected chi connectivity index (χ4v) is 4.00. The fourth-order valence-electron chi connectivity index (χ4n) is 3.63. The van der Waals surface area contributed by atoms with Crippen molar-refractivity contribution in [3.63, 3.8) is 0 Å². The van der Waals surface area contributed by atoms with E-state index in [0.29, 0.717) is 17.3 Å². The number of fused-ring (bicyclic) bond motifs is 1. The fraction of sp³-hybridized carbons (Fsp3) is 0.107. The Balaban J connectivity index is 1.43. The van der Waals surface area contributed by atoms with E-state index in [1.807, 2.05) is 42.5 Å². The van der Waals surface area contributed by atoms with Crippen LogP contribution < -0.4 is 10.2 Å². The van der Waals surface area contributed by atoms with Crippen molar-refractivity contribution in [2.24, 2.45) is 5.10 Å². The normalized spacial score (nSPS) is 11.0. The van der Waals surface area contributed by atoms with Crippen LogP contribution >= 0.6 is 23.2 Å². The number of rotatable bonds is 8. The van der Waals surface area contributed by atoms with Crippen LogP contribution in [0.4, 0.5) is 0 Å². The van der Waals surface area contributed by atoms with Gasteiger partial charge < -0.3 is 14.7 Å². The Hall–Kier alpha value is -4.07. The Morgan fingerprint density at radius 2 is 1.70 bits per heavy atom. The number of nitrogens with one attached hydrogen (secondary N) is 1. The van der Waals surface area contributed by atoms with E-state index in [2.05, 4.69) is 10.5 Å². The summed E-state index contributed by atoms with van der Waals surface area (Å²) in [4.78, 5) is 26.6. The van der Waals surface area contributed by atoms with Gasteiger partial charge in [0.1, 0.15) is 11.5 Å². The molecule has 0 aliphatic rings. The van der Waals surface area contributed by atoms with Crippen LogP contribution in [-0.2, 0) is 11.3 Å². The van der Waals surface area contributed by atoms with Crippen LogP contribution in [0.5, 0.6) is 11.5 Å². The van der Waals surface area contributed by atoms with Gasteiger partial charge in [-0.1, -0.05) is 65.7 Å². The third-order valence-corrected chi connectivity index (χ3v) is 6.31. The Bertz CT molecular complexity index is 1490. The number of nitrogens with zero attached hydrogens (tertiary/aromatic N) is 2. The Morgan fingerprint density at radius 1 is 0.973 bits per heavy atom. The predicted molar refractivity (Wildman–Crippen MR) is 146 cm³/mol. The molecule has 0 unspecified atom stereocenters. The van der Waals surface area contributed by atoms with E-state index >= 15 is 0 Å². The maximum Gasteiger partial charge on any atom is 0.271 e. The van der Waals surface area contributed by atoms with Crippen LogP contribution in [0.2, 0.25) is 10.0 Å². The summed E-state index contributed by atoms with van der Waals surface area (Å²) in [6.45, 7) is 0.240. The highest BCUT2D eigenvalue weighted by Crippen LogP contribution is 2.28. The van der Waals surface area contributed by atoms with Gasteiger partial charge >= 0.3 is 0 Å². The predicted octanol–water partition coefficient (Wildman–Crippen LogP) is 5.65. The first-order valence-electron chi connectivity index (χ1n) is 11.3. The molecule has 4 aromatic rings. The van der Waals surface area contributed by atoms with Crippen LogP contribution in [0.15, 0.2) is 84.0 Å². The lowest BCUT2D eigenvalue weighted by Gasteiger charge is -2.19. The number of likely N-dealkylation sites (N-methyl/N-ethyl adjacent to an activating group) is 1. The smallest absolute Gasteiger partial charge is 0.271 e. The molecule has 9 heteroatoms. The number of amides is 2. The summed E-state index contributed by atoms with van der Waals surface area (Å²) in [5.41, 5.74) is 4.31. The minimum atomic E-state index is -0.471. The molecule has 4 rings (SSSR count). The van der Waals surface area contributed by atoms with Gasteiger partial charge in [0.15, 0.2) is 6.61 Å². The first-order valence-corrected chi connectivity index (χ1v) is 12.0. The molecule has 0 saturated carbocycles. The monoisotopic (exact) mass is 535 g/mol. The van der Waals surface area contributed by atoms with E-state index in [1.54, 1.807) is 30.1 Å². The molecule has 37 heavy (non-hydrogen) atoms. The standard InChI is InChI=1S/C28H23Cl2N3O4/c1-33(16-20-6-2-5-9-23(20)29)27(35)17-37-26-13-11-19(21-7-3-4-8-22(21)26)15-31-32-28(36)18-10-12-25(34)24(30)14-18/h2-15,34H,16-17H2,1H3,(H,32,36)/b31-15+. The van der Waals surface area contributed by atoms with Crippen LogP contribution in [0.25, 0.3) is 10.8 Å². The molecule has 0 bridgehead atoms. The molecule has 0 spiro atoms. The number of benzene rings is 4. The molecule has 2 amide bonds. The van der Waals surface area contributed by atoms with Crippen molar-refractivity contribution in [2.75, 3.05) is 13.7 Å². The number of phenols is 1. The summed E-state index contributed by atoms with van der Waals surface area (Å²) in [7, 11) is 1.70. The number of hydrazone groups is 1. The van der Waals surface area contributed by atoms with Crippen molar-refractivity contribution in [3.8, 4) is 11.5 Å². The second-order valence-electron chi connectivity index (χ2n) is 8.19. The molecule has 0 saturated heterocycles. The van der Waals surface area contributed by atoms with Gasteiger partial charge in [-0.15, -0.1) is 0 Å². The summed E-state index contributed by atoms with van der Waals surface area (Å²) < 4.78 is 5.88. The van der Waals surface area contributed by atoms with Gasteiger partial charge in [0.2, 0.25) is 0 Å². The van der Waals surface area contributed by atoms with E-state index in [4.69, 9.17) is 27.9 Å². The number of carbonyl (C=O) groups is 2. The minimum Gasteiger partial charge on any atom is -0.506 e. The number of halogens is 2. The topological polar surface area (TPSA) is 91.2 Å². The molecule has 188 valence electrons. The van der Waals surface area contributed by atoms with E-state index in [-0.39, 0.29) is 28.8 Å². The van der Waals surface area contributed by atoms with Gasteiger partial charge in [0.25, 0.3) is 11.8 Å². The SMILES string of the molecule is CN(Cc1ccccc1Cl)C(=O)COc1ccc(/C=N/NC(=O)c2ccc(O)c(Cl)c2)c2ccccc12. The van der Waals surface area contributed by atoms with Gasteiger partial charge in [-0.2, -0.15) is 5.10 Å². The highest BCUT2D eigenvalue weighted by molar-refractivity contribution is 6.32. The zero-order valence-corrected chi connectivity index (χ0v) is 21.3. The summed E-state index contributed by atoms with van der Waals surface area (Å²) in [5.74, 6) is -0.215. The lowest BCUT2D eigenvalue weighted by atomic mass is 10.0. The number of ether oxygens (including phenoxy) is 1. The first-order chi connectivity index (χ1) is 17.8. The van der Waals surface area contributed by atoms with Crippen molar-refractivity contribution in [2.45, 2.75) is 6.54 Å². The average molecular weight is 536 g/mol. The Morgan fingerprint density at radius 3 is 2.46 bits per heavy atom. The molecule has 0 radical (unpaired) electrons. The molecule has 0 aliphatic carbocycles. The molecular weight excluding hydrogens is 513 g/mol.